The van der Waals surface area contributed by atoms with Crippen molar-refractivity contribution in [3.8, 4) is 0 Å². The molecule has 0 aliphatic heterocycles. The SMILES string of the molecule is Cn1ccc(CC(O)c2ccc(C(C)(C)C)s2)n1. The largest absolute Gasteiger partial charge is 0.387 e. The molecule has 2 heterocycles. The molecule has 0 saturated heterocycles. The Morgan fingerprint density at radius 1 is 1.33 bits per heavy atom. The van der Waals surface area contributed by atoms with Gasteiger partial charge in [0.1, 0.15) is 0 Å². The first-order valence-corrected chi connectivity index (χ1v) is 6.95. The Labute approximate surface area is 112 Å². The summed E-state index contributed by atoms with van der Waals surface area (Å²) in [7, 11) is 1.89. The van der Waals surface area contributed by atoms with E-state index < -0.39 is 6.10 Å². The number of aryl methyl sites for hydroxylation is 1. The first kappa shape index (κ1) is 13.3. The van der Waals surface area contributed by atoms with Gasteiger partial charge in [0.05, 0.1) is 11.8 Å². The van der Waals surface area contributed by atoms with Crippen LogP contribution in [0, 0.1) is 0 Å². The minimum Gasteiger partial charge on any atom is -0.387 e. The minimum atomic E-state index is -0.457. The summed E-state index contributed by atoms with van der Waals surface area (Å²) in [5, 5.41) is 14.5. The Kier molecular flexibility index (Phi) is 3.59. The second-order valence-electron chi connectivity index (χ2n) is 5.65. The van der Waals surface area contributed by atoms with E-state index in [0.29, 0.717) is 6.42 Å². The summed E-state index contributed by atoms with van der Waals surface area (Å²) < 4.78 is 1.76. The van der Waals surface area contributed by atoms with E-state index in [1.54, 1.807) is 16.0 Å². The normalized spacial score (nSPS) is 13.8. The zero-order valence-electron chi connectivity index (χ0n) is 11.3. The Morgan fingerprint density at radius 3 is 2.56 bits per heavy atom. The van der Waals surface area contributed by atoms with Crippen LogP contribution in [0.1, 0.15) is 42.3 Å². The lowest BCUT2D eigenvalue weighted by Crippen LogP contribution is -2.08. The lowest BCUT2D eigenvalue weighted by atomic mass is 9.95. The number of hydrogen-bond donors (Lipinski definition) is 1. The number of nitrogens with zero attached hydrogens (tertiary/aromatic N) is 2. The van der Waals surface area contributed by atoms with Crippen molar-refractivity contribution in [2.75, 3.05) is 0 Å². The van der Waals surface area contributed by atoms with E-state index in [0.717, 1.165) is 10.6 Å². The van der Waals surface area contributed by atoms with E-state index in [-0.39, 0.29) is 5.41 Å². The Morgan fingerprint density at radius 2 is 2.06 bits per heavy atom. The molecule has 18 heavy (non-hydrogen) atoms. The van der Waals surface area contributed by atoms with Crippen molar-refractivity contribution in [3.05, 3.63) is 39.8 Å². The first-order valence-electron chi connectivity index (χ1n) is 6.13. The van der Waals surface area contributed by atoms with Crippen molar-refractivity contribution in [1.82, 2.24) is 9.78 Å². The van der Waals surface area contributed by atoms with Crippen LogP contribution in [0.2, 0.25) is 0 Å². The summed E-state index contributed by atoms with van der Waals surface area (Å²) >= 11 is 1.69. The van der Waals surface area contributed by atoms with Crippen molar-refractivity contribution < 1.29 is 5.11 Å². The molecular weight excluding hydrogens is 244 g/mol. The van der Waals surface area contributed by atoms with Gasteiger partial charge < -0.3 is 5.11 Å². The highest BCUT2D eigenvalue weighted by atomic mass is 32.1. The topological polar surface area (TPSA) is 38.0 Å². The molecule has 0 bridgehead atoms. The molecule has 0 aromatic carbocycles. The molecule has 0 aliphatic carbocycles. The molecule has 2 rings (SSSR count). The smallest absolute Gasteiger partial charge is 0.0938 e. The lowest BCUT2D eigenvalue weighted by molar-refractivity contribution is 0.181. The highest BCUT2D eigenvalue weighted by molar-refractivity contribution is 7.12. The maximum Gasteiger partial charge on any atom is 0.0938 e. The van der Waals surface area contributed by atoms with Gasteiger partial charge in [0.25, 0.3) is 0 Å². The molecule has 98 valence electrons. The molecule has 1 N–H and O–H groups in total. The number of aliphatic hydroxyl groups is 1. The maximum absolute atomic E-state index is 10.2. The van der Waals surface area contributed by atoms with Crippen LogP contribution in [0.5, 0.6) is 0 Å². The van der Waals surface area contributed by atoms with E-state index >= 15 is 0 Å². The van der Waals surface area contributed by atoms with Crippen molar-refractivity contribution in [3.63, 3.8) is 0 Å². The zero-order chi connectivity index (χ0) is 13.3. The van der Waals surface area contributed by atoms with Gasteiger partial charge in [0.2, 0.25) is 0 Å². The van der Waals surface area contributed by atoms with E-state index in [4.69, 9.17) is 0 Å². The molecule has 4 heteroatoms. The molecule has 3 nitrogen and oxygen atoms in total. The quantitative estimate of drug-likeness (QED) is 0.925. The zero-order valence-corrected chi connectivity index (χ0v) is 12.2. The van der Waals surface area contributed by atoms with Crippen molar-refractivity contribution >= 4 is 11.3 Å². The van der Waals surface area contributed by atoms with Gasteiger partial charge in [0, 0.05) is 29.4 Å². The average Bonchev–Trinajstić information content (AvgIpc) is 2.85. The van der Waals surface area contributed by atoms with Gasteiger partial charge in [-0.2, -0.15) is 5.10 Å². The van der Waals surface area contributed by atoms with Crippen molar-refractivity contribution in [1.29, 1.82) is 0 Å². The highest BCUT2D eigenvalue weighted by Gasteiger charge is 2.19. The predicted octanol–water partition coefficient (Wildman–Crippen LogP) is 3.06. The van der Waals surface area contributed by atoms with Gasteiger partial charge in [-0.15, -0.1) is 11.3 Å². The van der Waals surface area contributed by atoms with Crippen LogP contribution in [0.15, 0.2) is 24.4 Å². The number of aliphatic hydroxyl groups excluding tert-OH is 1. The molecule has 0 aliphatic rings. The summed E-state index contributed by atoms with van der Waals surface area (Å²) in [4.78, 5) is 2.32. The molecule has 0 saturated carbocycles. The van der Waals surface area contributed by atoms with E-state index in [2.05, 4.69) is 31.9 Å². The van der Waals surface area contributed by atoms with E-state index in [9.17, 15) is 5.11 Å². The van der Waals surface area contributed by atoms with Crippen LogP contribution in [-0.4, -0.2) is 14.9 Å². The second kappa shape index (κ2) is 4.86. The Balaban J connectivity index is 2.09. The molecule has 0 radical (unpaired) electrons. The second-order valence-corrected chi connectivity index (χ2v) is 6.77. The average molecular weight is 264 g/mol. The monoisotopic (exact) mass is 264 g/mol. The third kappa shape index (κ3) is 3.00. The standard InChI is InChI=1S/C14H20N2OS/c1-14(2,3)13-6-5-12(18-13)11(17)9-10-7-8-16(4)15-10/h5-8,11,17H,9H2,1-4H3. The molecule has 1 unspecified atom stereocenters. The molecule has 1 atom stereocenters. The van der Waals surface area contributed by atoms with Gasteiger partial charge in [-0.05, 0) is 23.6 Å². The van der Waals surface area contributed by atoms with E-state index in [1.165, 1.54) is 4.88 Å². The summed E-state index contributed by atoms with van der Waals surface area (Å²) in [5.41, 5.74) is 1.07. The summed E-state index contributed by atoms with van der Waals surface area (Å²) in [6.07, 6.45) is 2.02. The number of rotatable bonds is 3. The fraction of sp³-hybridized carbons (Fsp3) is 0.500. The van der Waals surface area contributed by atoms with Gasteiger partial charge in [0.15, 0.2) is 0 Å². The van der Waals surface area contributed by atoms with Crippen molar-refractivity contribution in [2.24, 2.45) is 7.05 Å². The first-order chi connectivity index (χ1) is 8.36. The van der Waals surface area contributed by atoms with Crippen LogP contribution in [0.25, 0.3) is 0 Å². The fourth-order valence-corrected chi connectivity index (χ4v) is 2.86. The van der Waals surface area contributed by atoms with Crippen LogP contribution in [0.3, 0.4) is 0 Å². The number of hydrogen-bond acceptors (Lipinski definition) is 3. The highest BCUT2D eigenvalue weighted by Crippen LogP contribution is 2.33. The van der Waals surface area contributed by atoms with Crippen LogP contribution >= 0.6 is 11.3 Å². The van der Waals surface area contributed by atoms with Crippen LogP contribution < -0.4 is 0 Å². The minimum absolute atomic E-state index is 0.146. The summed E-state index contributed by atoms with van der Waals surface area (Å²) in [6, 6.07) is 6.09. The molecular formula is C14H20N2OS. The fourth-order valence-electron chi connectivity index (χ4n) is 1.81. The Bertz CT molecular complexity index is 522. The van der Waals surface area contributed by atoms with Gasteiger partial charge in [-0.3, -0.25) is 4.68 Å². The summed E-state index contributed by atoms with van der Waals surface area (Å²) in [5.74, 6) is 0. The van der Waals surface area contributed by atoms with Crippen molar-refractivity contribution in [2.45, 2.75) is 38.7 Å². The van der Waals surface area contributed by atoms with Gasteiger partial charge in [-0.25, -0.2) is 0 Å². The number of thiophene rings is 1. The molecule has 0 spiro atoms. The summed E-state index contributed by atoms with van der Waals surface area (Å²) in [6.45, 7) is 6.56. The van der Waals surface area contributed by atoms with Crippen LogP contribution in [0.4, 0.5) is 0 Å². The third-order valence-corrected chi connectivity index (χ3v) is 4.48. The maximum atomic E-state index is 10.2. The molecule has 0 amide bonds. The van der Waals surface area contributed by atoms with Gasteiger partial charge >= 0.3 is 0 Å². The predicted molar refractivity (Wildman–Crippen MR) is 74.9 cm³/mol. The number of aromatic nitrogens is 2. The van der Waals surface area contributed by atoms with E-state index in [1.807, 2.05) is 25.4 Å². The third-order valence-electron chi connectivity index (χ3n) is 2.87. The van der Waals surface area contributed by atoms with Gasteiger partial charge in [-0.1, -0.05) is 20.8 Å². The molecule has 0 fully saturated rings. The Hall–Kier alpha value is -1.13. The van der Waals surface area contributed by atoms with Crippen LogP contribution in [-0.2, 0) is 18.9 Å². The molecule has 2 aromatic heterocycles. The lowest BCUT2D eigenvalue weighted by Gasteiger charge is -2.15. The molecule has 2 aromatic rings.